The highest BCUT2D eigenvalue weighted by Crippen LogP contribution is 2.10. The van der Waals surface area contributed by atoms with Crippen LogP contribution in [0.2, 0.25) is 0 Å². The molecular formula is C19H33N5O6. The van der Waals surface area contributed by atoms with Crippen LogP contribution in [0.4, 0.5) is 0 Å². The number of carboxylic acids is 1. The van der Waals surface area contributed by atoms with Gasteiger partial charge in [-0.15, -0.1) is 0 Å². The number of nitrogens with two attached hydrogens (primary N) is 1. The summed E-state index contributed by atoms with van der Waals surface area (Å²) in [6.07, 6.45) is 1.63. The molecule has 0 aromatic heterocycles. The summed E-state index contributed by atoms with van der Waals surface area (Å²) >= 11 is 0. The summed E-state index contributed by atoms with van der Waals surface area (Å²) in [7, 11) is 0. The minimum Gasteiger partial charge on any atom is -0.480 e. The first-order chi connectivity index (χ1) is 14.0. The number of primary amides is 1. The van der Waals surface area contributed by atoms with Gasteiger partial charge >= 0.3 is 5.97 Å². The number of rotatable bonds is 12. The first-order valence-corrected chi connectivity index (χ1v) is 10.2. The lowest BCUT2D eigenvalue weighted by Gasteiger charge is -2.25. The largest absolute Gasteiger partial charge is 0.480 e. The third kappa shape index (κ3) is 8.76. The van der Waals surface area contributed by atoms with Crippen LogP contribution in [0.1, 0.15) is 52.9 Å². The molecule has 0 radical (unpaired) electrons. The number of hydrogen-bond donors (Lipinski definition) is 6. The second-order valence-corrected chi connectivity index (χ2v) is 7.97. The molecule has 0 saturated carbocycles. The van der Waals surface area contributed by atoms with Gasteiger partial charge in [-0.25, -0.2) is 0 Å². The van der Waals surface area contributed by atoms with Gasteiger partial charge in [0.05, 0.1) is 6.04 Å². The van der Waals surface area contributed by atoms with Gasteiger partial charge in [-0.2, -0.15) is 0 Å². The van der Waals surface area contributed by atoms with Gasteiger partial charge in [-0.05, 0) is 45.1 Å². The van der Waals surface area contributed by atoms with E-state index in [1.807, 2.05) is 13.8 Å². The molecule has 1 saturated heterocycles. The molecule has 4 atom stereocenters. The molecule has 0 aliphatic carbocycles. The fourth-order valence-electron chi connectivity index (χ4n) is 3.09. The molecule has 4 amide bonds. The third-order valence-corrected chi connectivity index (χ3v) is 4.76. The third-order valence-electron chi connectivity index (χ3n) is 4.76. The van der Waals surface area contributed by atoms with E-state index in [9.17, 15) is 24.0 Å². The molecule has 0 aromatic rings. The van der Waals surface area contributed by atoms with Gasteiger partial charge in [-0.3, -0.25) is 24.0 Å². The number of amides is 4. The number of aliphatic carboxylic acids is 1. The van der Waals surface area contributed by atoms with E-state index in [1.165, 1.54) is 6.92 Å². The predicted octanol–water partition coefficient (Wildman–Crippen LogP) is -1.39. The lowest BCUT2D eigenvalue weighted by Crippen LogP contribution is -2.57. The summed E-state index contributed by atoms with van der Waals surface area (Å²) < 4.78 is 0. The fraction of sp³-hybridized carbons (Fsp3) is 0.737. The van der Waals surface area contributed by atoms with Crippen molar-refractivity contribution in [3.63, 3.8) is 0 Å². The van der Waals surface area contributed by atoms with Crippen molar-refractivity contribution in [2.75, 3.05) is 6.54 Å². The second-order valence-electron chi connectivity index (χ2n) is 7.97. The second kappa shape index (κ2) is 12.1. The summed E-state index contributed by atoms with van der Waals surface area (Å²) in [5.74, 6) is -3.42. The Balaban J connectivity index is 2.87. The minimum atomic E-state index is -1.24. The Kier molecular flexibility index (Phi) is 10.2. The molecule has 11 heteroatoms. The summed E-state index contributed by atoms with van der Waals surface area (Å²) in [5, 5.41) is 19.6. The first kappa shape index (κ1) is 25.3. The van der Waals surface area contributed by atoms with Gasteiger partial charge in [-0.1, -0.05) is 13.8 Å². The highest BCUT2D eigenvalue weighted by molar-refractivity contribution is 5.94. The number of hydrogen-bond acceptors (Lipinski definition) is 6. The average molecular weight is 428 g/mol. The zero-order valence-electron chi connectivity index (χ0n) is 17.7. The SMILES string of the molecule is CC(C)CC(NC(=O)C1CCCN1)C(=O)NC(CCC(N)=O)C(=O)NC(C)C(=O)O. The van der Waals surface area contributed by atoms with Crippen molar-refractivity contribution >= 4 is 29.6 Å². The molecule has 0 bridgehead atoms. The van der Waals surface area contributed by atoms with E-state index in [0.29, 0.717) is 12.8 Å². The summed E-state index contributed by atoms with van der Waals surface area (Å²) in [5.41, 5.74) is 5.14. The zero-order chi connectivity index (χ0) is 22.8. The molecule has 0 aromatic carbocycles. The predicted molar refractivity (Wildman–Crippen MR) is 108 cm³/mol. The van der Waals surface area contributed by atoms with Crippen LogP contribution < -0.4 is 27.0 Å². The van der Waals surface area contributed by atoms with E-state index in [-0.39, 0.29) is 30.7 Å². The number of carboxylic acid groups (broad SMARTS) is 1. The van der Waals surface area contributed by atoms with Crippen LogP contribution in [0.15, 0.2) is 0 Å². The molecule has 0 spiro atoms. The smallest absolute Gasteiger partial charge is 0.325 e. The van der Waals surface area contributed by atoms with E-state index < -0.39 is 41.8 Å². The topological polar surface area (TPSA) is 180 Å². The van der Waals surface area contributed by atoms with Gasteiger partial charge < -0.3 is 32.1 Å². The quantitative estimate of drug-likeness (QED) is 0.222. The molecule has 11 nitrogen and oxygen atoms in total. The number of nitrogens with one attached hydrogen (secondary N) is 4. The van der Waals surface area contributed by atoms with Crippen LogP contribution in [0, 0.1) is 5.92 Å². The zero-order valence-corrected chi connectivity index (χ0v) is 17.7. The molecular weight excluding hydrogens is 394 g/mol. The lowest BCUT2D eigenvalue weighted by atomic mass is 10.0. The highest BCUT2D eigenvalue weighted by atomic mass is 16.4. The van der Waals surface area contributed by atoms with Crippen molar-refractivity contribution in [3.8, 4) is 0 Å². The van der Waals surface area contributed by atoms with Crippen molar-refractivity contribution in [2.45, 2.75) is 77.0 Å². The Hall–Kier alpha value is -2.69. The lowest BCUT2D eigenvalue weighted by molar-refractivity contribution is -0.142. The van der Waals surface area contributed by atoms with Crippen LogP contribution in [0.3, 0.4) is 0 Å². The Morgan fingerprint density at radius 1 is 1.03 bits per heavy atom. The van der Waals surface area contributed by atoms with E-state index in [4.69, 9.17) is 10.8 Å². The van der Waals surface area contributed by atoms with Crippen molar-refractivity contribution in [1.82, 2.24) is 21.3 Å². The molecule has 1 aliphatic rings. The molecule has 1 rings (SSSR count). The maximum atomic E-state index is 12.8. The van der Waals surface area contributed by atoms with Gasteiger partial charge in [0.2, 0.25) is 23.6 Å². The molecule has 4 unspecified atom stereocenters. The van der Waals surface area contributed by atoms with E-state index in [0.717, 1.165) is 13.0 Å². The van der Waals surface area contributed by atoms with Crippen LogP contribution >= 0.6 is 0 Å². The molecule has 30 heavy (non-hydrogen) atoms. The first-order valence-electron chi connectivity index (χ1n) is 10.2. The van der Waals surface area contributed by atoms with Crippen molar-refractivity contribution in [1.29, 1.82) is 0 Å². The van der Waals surface area contributed by atoms with E-state index in [1.54, 1.807) is 0 Å². The monoisotopic (exact) mass is 427 g/mol. The van der Waals surface area contributed by atoms with Crippen molar-refractivity contribution in [2.24, 2.45) is 11.7 Å². The maximum absolute atomic E-state index is 12.8. The molecule has 7 N–H and O–H groups in total. The van der Waals surface area contributed by atoms with Crippen LogP contribution in [-0.2, 0) is 24.0 Å². The summed E-state index contributed by atoms with van der Waals surface area (Å²) in [6.45, 7) is 5.80. The van der Waals surface area contributed by atoms with E-state index >= 15 is 0 Å². The summed E-state index contributed by atoms with van der Waals surface area (Å²) in [6, 6.07) is -3.58. The van der Waals surface area contributed by atoms with Crippen LogP contribution in [0.25, 0.3) is 0 Å². The maximum Gasteiger partial charge on any atom is 0.325 e. The Bertz CT molecular complexity index is 647. The van der Waals surface area contributed by atoms with Gasteiger partial charge in [0.1, 0.15) is 18.1 Å². The van der Waals surface area contributed by atoms with E-state index in [2.05, 4.69) is 21.3 Å². The summed E-state index contributed by atoms with van der Waals surface area (Å²) in [4.78, 5) is 59.9. The number of carbonyl (C=O) groups is 5. The fourth-order valence-corrected chi connectivity index (χ4v) is 3.09. The molecule has 1 fully saturated rings. The Labute approximate surface area is 175 Å². The molecule has 1 heterocycles. The Morgan fingerprint density at radius 3 is 2.17 bits per heavy atom. The van der Waals surface area contributed by atoms with Crippen molar-refractivity contribution < 1.29 is 29.1 Å². The van der Waals surface area contributed by atoms with Gasteiger partial charge in [0, 0.05) is 6.42 Å². The average Bonchev–Trinajstić information content (AvgIpc) is 3.18. The molecule has 170 valence electrons. The van der Waals surface area contributed by atoms with Crippen LogP contribution in [0.5, 0.6) is 0 Å². The normalized spacial score (nSPS) is 18.9. The minimum absolute atomic E-state index is 0.0857. The molecule has 1 aliphatic heterocycles. The van der Waals surface area contributed by atoms with Crippen LogP contribution in [-0.4, -0.2) is 65.4 Å². The number of carbonyl (C=O) groups excluding carboxylic acids is 4. The van der Waals surface area contributed by atoms with Gasteiger partial charge in [0.25, 0.3) is 0 Å². The standard InChI is InChI=1S/C19H33N5O6/c1-10(2)9-14(24-16(26)12-5-4-8-21-12)18(28)23-13(6-7-15(20)25)17(27)22-11(3)19(29)30/h10-14,21H,4-9H2,1-3H3,(H2,20,25)(H,22,27)(H,23,28)(H,24,26)(H,29,30). The highest BCUT2D eigenvalue weighted by Gasteiger charge is 2.31. The van der Waals surface area contributed by atoms with Crippen molar-refractivity contribution in [3.05, 3.63) is 0 Å². The van der Waals surface area contributed by atoms with Gasteiger partial charge in [0.15, 0.2) is 0 Å². The Morgan fingerprint density at radius 2 is 1.67 bits per heavy atom.